The Bertz CT molecular complexity index is 1830. The molecule has 3 aromatic carbocycles. The number of pyridine rings is 1. The Morgan fingerprint density at radius 2 is 1.68 bits per heavy atom. The van der Waals surface area contributed by atoms with E-state index in [1.54, 1.807) is 11.3 Å². The predicted octanol–water partition coefficient (Wildman–Crippen LogP) is 10.6. The van der Waals surface area contributed by atoms with E-state index in [0.717, 1.165) is 33.9 Å². The lowest BCUT2D eigenvalue weighted by atomic mass is 9.82. The summed E-state index contributed by atoms with van der Waals surface area (Å²) in [6.45, 7) is 15.7. The fourth-order valence-corrected chi connectivity index (χ4v) is 6.60. The van der Waals surface area contributed by atoms with Gasteiger partial charge in [-0.15, -0.1) is 11.3 Å². The maximum Gasteiger partial charge on any atom is 0.135 e. The SMILES string of the molecule is Cc1c(CC(C)C)oc2cc(-c3cc(-c4cc(C(C)(C)C)c5ccccc5c4)nc4scc(C)c34)ccc12. The number of aryl methyl sites for hydroxylation is 2. The Labute approximate surface area is 229 Å². The van der Waals surface area contributed by atoms with E-state index in [4.69, 9.17) is 9.40 Å². The van der Waals surface area contributed by atoms with Crippen LogP contribution < -0.4 is 0 Å². The smallest absolute Gasteiger partial charge is 0.135 e. The Morgan fingerprint density at radius 3 is 2.45 bits per heavy atom. The number of nitrogens with zero attached hydrogens (tertiary/aromatic N) is 1. The van der Waals surface area contributed by atoms with Gasteiger partial charge in [-0.05, 0) is 93.4 Å². The molecule has 6 aromatic rings. The zero-order valence-electron chi connectivity index (χ0n) is 23.4. The van der Waals surface area contributed by atoms with Crippen LogP contribution in [0.5, 0.6) is 0 Å². The zero-order chi connectivity index (χ0) is 26.8. The van der Waals surface area contributed by atoms with Crippen molar-refractivity contribution in [1.82, 2.24) is 4.98 Å². The summed E-state index contributed by atoms with van der Waals surface area (Å²) in [5.41, 5.74) is 9.45. The van der Waals surface area contributed by atoms with Crippen molar-refractivity contribution in [1.29, 1.82) is 0 Å². The van der Waals surface area contributed by atoms with Crippen LogP contribution in [0.1, 0.15) is 57.1 Å². The van der Waals surface area contributed by atoms with Gasteiger partial charge in [0.1, 0.15) is 16.2 Å². The molecule has 2 nitrogen and oxygen atoms in total. The molecule has 0 aliphatic carbocycles. The summed E-state index contributed by atoms with van der Waals surface area (Å²) in [6.07, 6.45) is 0.960. The predicted molar refractivity (Wildman–Crippen MR) is 164 cm³/mol. The molecule has 0 N–H and O–H groups in total. The minimum Gasteiger partial charge on any atom is -0.461 e. The average molecular weight is 518 g/mol. The number of fused-ring (bicyclic) bond motifs is 3. The number of benzene rings is 3. The molecule has 0 radical (unpaired) electrons. The van der Waals surface area contributed by atoms with Crippen molar-refractivity contribution in [3.8, 4) is 22.4 Å². The number of thiophene rings is 1. The van der Waals surface area contributed by atoms with Gasteiger partial charge in [0.2, 0.25) is 0 Å². The van der Waals surface area contributed by atoms with Gasteiger partial charge in [-0.1, -0.05) is 71.0 Å². The Balaban J connectivity index is 1.57. The van der Waals surface area contributed by atoms with Crippen molar-refractivity contribution >= 4 is 43.3 Å². The van der Waals surface area contributed by atoms with Gasteiger partial charge in [-0.3, -0.25) is 0 Å². The van der Waals surface area contributed by atoms with E-state index in [1.165, 1.54) is 49.4 Å². The highest BCUT2D eigenvalue weighted by Gasteiger charge is 2.20. The summed E-state index contributed by atoms with van der Waals surface area (Å²) >= 11 is 1.73. The Morgan fingerprint density at radius 1 is 0.895 bits per heavy atom. The molecule has 0 unspecified atom stereocenters. The van der Waals surface area contributed by atoms with E-state index >= 15 is 0 Å². The fraction of sp³-hybridized carbons (Fsp3) is 0.286. The normalized spacial score (nSPS) is 12.4. The van der Waals surface area contributed by atoms with Crippen molar-refractivity contribution in [2.24, 2.45) is 5.92 Å². The molecule has 3 aromatic heterocycles. The number of aromatic nitrogens is 1. The van der Waals surface area contributed by atoms with Crippen LogP contribution in [0.15, 0.2) is 70.5 Å². The lowest BCUT2D eigenvalue weighted by Gasteiger charge is -2.23. The van der Waals surface area contributed by atoms with Crippen LogP contribution in [-0.4, -0.2) is 4.98 Å². The summed E-state index contributed by atoms with van der Waals surface area (Å²) in [6, 6.07) is 22.3. The minimum atomic E-state index is 0.0257. The molecule has 0 aliphatic heterocycles. The highest BCUT2D eigenvalue weighted by molar-refractivity contribution is 7.17. The standard InChI is InChI=1S/C35H35NOS/c1-20(2)14-31-22(4)26-13-12-24(17-32(26)37-31)28-18-30(36-34-33(28)21(3)19-38-34)25-15-23-10-8-9-11-27(23)29(16-25)35(5,6)7/h8-13,15-20H,14H2,1-7H3. The van der Waals surface area contributed by atoms with Gasteiger partial charge in [-0.25, -0.2) is 4.98 Å². The molecule has 3 heterocycles. The summed E-state index contributed by atoms with van der Waals surface area (Å²) < 4.78 is 6.40. The first-order valence-corrected chi connectivity index (χ1v) is 14.4. The monoisotopic (exact) mass is 517 g/mol. The zero-order valence-corrected chi connectivity index (χ0v) is 24.2. The van der Waals surface area contributed by atoms with Crippen LogP contribution in [0.2, 0.25) is 0 Å². The first-order chi connectivity index (χ1) is 18.1. The third-order valence-corrected chi connectivity index (χ3v) is 8.63. The first-order valence-electron chi connectivity index (χ1n) is 13.5. The fourth-order valence-electron chi connectivity index (χ4n) is 5.65. The maximum atomic E-state index is 6.40. The van der Waals surface area contributed by atoms with Crippen molar-refractivity contribution < 1.29 is 4.42 Å². The van der Waals surface area contributed by atoms with Crippen LogP contribution in [-0.2, 0) is 11.8 Å². The van der Waals surface area contributed by atoms with E-state index in [9.17, 15) is 0 Å². The van der Waals surface area contributed by atoms with Crippen molar-refractivity contribution in [3.05, 3.63) is 88.5 Å². The van der Waals surface area contributed by atoms with Crippen LogP contribution in [0.4, 0.5) is 0 Å². The van der Waals surface area contributed by atoms with Crippen LogP contribution in [0.3, 0.4) is 0 Å². The summed E-state index contributed by atoms with van der Waals surface area (Å²) in [7, 11) is 0. The van der Waals surface area contributed by atoms with E-state index in [-0.39, 0.29) is 5.41 Å². The maximum absolute atomic E-state index is 6.40. The third kappa shape index (κ3) is 4.23. The molecule has 0 spiro atoms. The second-order valence-corrected chi connectivity index (χ2v) is 13.0. The number of hydrogen-bond donors (Lipinski definition) is 0. The molecule has 0 atom stereocenters. The highest BCUT2D eigenvalue weighted by Crippen LogP contribution is 2.41. The molecule has 0 saturated carbocycles. The van der Waals surface area contributed by atoms with Gasteiger partial charge in [-0.2, -0.15) is 0 Å². The molecule has 6 rings (SSSR count). The Hall–Kier alpha value is -3.43. The summed E-state index contributed by atoms with van der Waals surface area (Å²) in [4.78, 5) is 6.27. The van der Waals surface area contributed by atoms with Gasteiger partial charge in [0, 0.05) is 22.8 Å². The first kappa shape index (κ1) is 24.9. The van der Waals surface area contributed by atoms with Crippen molar-refractivity contribution in [3.63, 3.8) is 0 Å². The van der Waals surface area contributed by atoms with Crippen LogP contribution >= 0.6 is 11.3 Å². The van der Waals surface area contributed by atoms with E-state index < -0.39 is 0 Å². The lowest BCUT2D eigenvalue weighted by molar-refractivity contribution is 0.496. The quantitative estimate of drug-likeness (QED) is 0.232. The topological polar surface area (TPSA) is 26.0 Å². The van der Waals surface area contributed by atoms with Gasteiger partial charge in [0.15, 0.2) is 0 Å². The molecule has 0 aliphatic rings. The molecule has 0 saturated heterocycles. The Kier molecular flexibility index (Phi) is 5.96. The van der Waals surface area contributed by atoms with Crippen LogP contribution in [0, 0.1) is 19.8 Å². The lowest BCUT2D eigenvalue weighted by Crippen LogP contribution is -2.12. The van der Waals surface area contributed by atoms with E-state index in [1.807, 2.05) is 0 Å². The summed E-state index contributed by atoms with van der Waals surface area (Å²) in [5.74, 6) is 1.66. The van der Waals surface area contributed by atoms with E-state index in [0.29, 0.717) is 5.92 Å². The molecule has 3 heteroatoms. The number of hydrogen-bond acceptors (Lipinski definition) is 3. The second kappa shape index (κ2) is 9.10. The molecule has 38 heavy (non-hydrogen) atoms. The van der Waals surface area contributed by atoms with E-state index in [2.05, 4.69) is 115 Å². The van der Waals surface area contributed by atoms with Gasteiger partial charge in [0.25, 0.3) is 0 Å². The molecule has 0 fully saturated rings. The second-order valence-electron chi connectivity index (χ2n) is 12.1. The van der Waals surface area contributed by atoms with Gasteiger partial charge < -0.3 is 4.42 Å². The average Bonchev–Trinajstić information content (AvgIpc) is 3.40. The number of rotatable bonds is 4. The molecule has 192 valence electrons. The third-order valence-electron chi connectivity index (χ3n) is 7.64. The molecule has 0 bridgehead atoms. The van der Waals surface area contributed by atoms with Gasteiger partial charge in [0.05, 0.1) is 5.69 Å². The van der Waals surface area contributed by atoms with Crippen molar-refractivity contribution in [2.45, 2.75) is 60.3 Å². The summed E-state index contributed by atoms with van der Waals surface area (Å²) in [5, 5.41) is 7.24. The molecular formula is C35H35NOS. The largest absolute Gasteiger partial charge is 0.461 e. The number of furan rings is 1. The molecular weight excluding hydrogens is 482 g/mol. The molecule has 0 amide bonds. The minimum absolute atomic E-state index is 0.0257. The van der Waals surface area contributed by atoms with Gasteiger partial charge >= 0.3 is 0 Å². The highest BCUT2D eigenvalue weighted by atomic mass is 32.1. The van der Waals surface area contributed by atoms with Crippen LogP contribution in [0.25, 0.3) is 54.3 Å². The van der Waals surface area contributed by atoms with Crippen molar-refractivity contribution in [2.75, 3.05) is 0 Å².